The van der Waals surface area contributed by atoms with Crippen LogP contribution in [0.1, 0.15) is 29.1 Å². The third-order valence-corrected chi connectivity index (χ3v) is 5.95. The van der Waals surface area contributed by atoms with Gasteiger partial charge < -0.3 is 19.0 Å². The minimum absolute atomic E-state index is 0.0117. The predicted octanol–water partition coefficient (Wildman–Crippen LogP) is 4.34. The van der Waals surface area contributed by atoms with E-state index in [1.165, 1.54) is 0 Å². The van der Waals surface area contributed by atoms with Gasteiger partial charge >= 0.3 is 0 Å². The molecule has 2 N–H and O–H groups in total. The zero-order valence-corrected chi connectivity index (χ0v) is 18.4. The van der Waals surface area contributed by atoms with Crippen LogP contribution in [0.25, 0.3) is 33.7 Å². The second-order valence-electron chi connectivity index (χ2n) is 8.00. The Balaban J connectivity index is 1.78. The highest BCUT2D eigenvalue weighted by molar-refractivity contribution is 6.06. The lowest BCUT2D eigenvalue weighted by atomic mass is 9.97. The summed E-state index contributed by atoms with van der Waals surface area (Å²) in [6.45, 7) is 5.54. The minimum Gasteiger partial charge on any atom is -0.497 e. The molecule has 0 bridgehead atoms. The van der Waals surface area contributed by atoms with Crippen LogP contribution in [-0.2, 0) is 4.74 Å². The highest BCUT2D eigenvalue weighted by Crippen LogP contribution is 2.39. The normalized spacial score (nSPS) is 16.4. The number of ether oxygens (including phenoxy) is 2. The quantitative estimate of drug-likeness (QED) is 0.461. The number of hydrogen-bond acceptors (Lipinski definition) is 5. The fourth-order valence-corrected chi connectivity index (χ4v) is 4.53. The number of fused-ring (bicyclic) bond motifs is 1. The van der Waals surface area contributed by atoms with Crippen molar-refractivity contribution >= 4 is 16.8 Å². The van der Waals surface area contributed by atoms with Crippen LogP contribution in [0.2, 0.25) is 0 Å². The van der Waals surface area contributed by atoms with Crippen LogP contribution in [0.5, 0.6) is 5.75 Å². The van der Waals surface area contributed by atoms with E-state index in [2.05, 4.69) is 20.9 Å². The Kier molecular flexibility index (Phi) is 5.28. The van der Waals surface area contributed by atoms with Gasteiger partial charge in [-0.15, -0.1) is 0 Å². The molecule has 1 fully saturated rings. The van der Waals surface area contributed by atoms with Gasteiger partial charge in [0.05, 0.1) is 37.1 Å². The zero-order valence-electron chi connectivity index (χ0n) is 18.4. The summed E-state index contributed by atoms with van der Waals surface area (Å²) in [5.41, 5.74) is 6.02. The molecule has 0 aliphatic carbocycles. The topological polar surface area (TPSA) is 81.2 Å². The van der Waals surface area contributed by atoms with Crippen molar-refractivity contribution in [2.75, 3.05) is 26.9 Å². The molecule has 2 aromatic carbocycles. The van der Waals surface area contributed by atoms with Gasteiger partial charge in [-0.3, -0.25) is 10.1 Å². The molecule has 7 heteroatoms. The smallest absolute Gasteiger partial charge is 0.162 e. The largest absolute Gasteiger partial charge is 0.497 e. The van der Waals surface area contributed by atoms with Crippen LogP contribution in [0.4, 0.5) is 0 Å². The van der Waals surface area contributed by atoms with E-state index in [9.17, 15) is 4.79 Å². The molecule has 1 saturated heterocycles. The predicted molar refractivity (Wildman–Crippen MR) is 124 cm³/mol. The van der Waals surface area contributed by atoms with E-state index in [1.54, 1.807) is 14.0 Å². The van der Waals surface area contributed by atoms with Crippen molar-refractivity contribution in [1.82, 2.24) is 19.9 Å². The molecule has 1 atom stereocenters. The van der Waals surface area contributed by atoms with E-state index >= 15 is 0 Å². The van der Waals surface area contributed by atoms with E-state index in [0.717, 1.165) is 51.7 Å². The van der Waals surface area contributed by atoms with Gasteiger partial charge in [0.25, 0.3) is 0 Å². The SMILES string of the molecule is COc1ccc(-c2c(-c3nc4ccccc4n3C3COCCN3)[nH]c(C)c2C(C)=O)cc1. The molecule has 4 aromatic rings. The van der Waals surface area contributed by atoms with Crippen molar-refractivity contribution in [3.63, 3.8) is 0 Å². The average Bonchev–Trinajstić information content (AvgIpc) is 3.37. The highest BCUT2D eigenvalue weighted by atomic mass is 16.5. The number of aromatic nitrogens is 3. The number of nitrogens with zero attached hydrogens (tertiary/aromatic N) is 2. The summed E-state index contributed by atoms with van der Waals surface area (Å²) in [5, 5.41) is 3.54. The summed E-state index contributed by atoms with van der Waals surface area (Å²) >= 11 is 0. The van der Waals surface area contributed by atoms with Gasteiger partial charge in [0.15, 0.2) is 11.6 Å². The number of hydrogen-bond donors (Lipinski definition) is 2. The van der Waals surface area contributed by atoms with E-state index in [0.29, 0.717) is 18.8 Å². The van der Waals surface area contributed by atoms with Crippen LogP contribution in [0.3, 0.4) is 0 Å². The number of H-pyrrole nitrogens is 1. The zero-order chi connectivity index (χ0) is 22.2. The summed E-state index contributed by atoms with van der Waals surface area (Å²) in [4.78, 5) is 21.1. The van der Waals surface area contributed by atoms with Crippen molar-refractivity contribution in [2.24, 2.45) is 0 Å². The summed E-state index contributed by atoms with van der Waals surface area (Å²) in [5.74, 6) is 1.55. The van der Waals surface area contributed by atoms with Crippen LogP contribution < -0.4 is 10.1 Å². The molecule has 0 radical (unpaired) electrons. The maximum absolute atomic E-state index is 12.7. The number of morpholine rings is 1. The van der Waals surface area contributed by atoms with Gasteiger partial charge in [0.2, 0.25) is 0 Å². The lowest BCUT2D eigenvalue weighted by Gasteiger charge is -2.27. The van der Waals surface area contributed by atoms with Gasteiger partial charge in [-0.25, -0.2) is 4.98 Å². The maximum Gasteiger partial charge on any atom is 0.162 e. The number of para-hydroxylation sites is 2. The number of nitrogens with one attached hydrogen (secondary N) is 2. The third-order valence-electron chi connectivity index (χ3n) is 5.95. The monoisotopic (exact) mass is 430 g/mol. The number of methoxy groups -OCH3 is 1. The number of ketones is 1. The van der Waals surface area contributed by atoms with E-state index in [1.807, 2.05) is 49.4 Å². The fraction of sp³-hybridized carbons (Fsp3) is 0.280. The molecule has 5 rings (SSSR count). The Labute approximate surface area is 186 Å². The first kappa shape index (κ1) is 20.5. The van der Waals surface area contributed by atoms with Crippen molar-refractivity contribution < 1.29 is 14.3 Å². The molecular formula is C25H26N4O3. The summed E-state index contributed by atoms with van der Waals surface area (Å²) in [7, 11) is 1.64. The number of imidazole rings is 1. The third kappa shape index (κ3) is 3.39. The Morgan fingerprint density at radius 2 is 1.97 bits per heavy atom. The molecule has 1 unspecified atom stereocenters. The van der Waals surface area contributed by atoms with Crippen LogP contribution in [0.15, 0.2) is 48.5 Å². The van der Waals surface area contributed by atoms with Crippen molar-refractivity contribution in [3.8, 4) is 28.4 Å². The van der Waals surface area contributed by atoms with Gasteiger partial charge in [-0.2, -0.15) is 0 Å². The molecule has 164 valence electrons. The average molecular weight is 431 g/mol. The highest BCUT2D eigenvalue weighted by Gasteiger charge is 2.28. The Morgan fingerprint density at radius 1 is 1.19 bits per heavy atom. The molecule has 32 heavy (non-hydrogen) atoms. The standard InChI is InChI=1S/C25H26N4O3/c1-15-22(16(2)30)23(17-8-10-18(31-3)11-9-17)24(27-15)25-28-19-6-4-5-7-20(19)29(25)21-14-32-13-12-26-21/h4-11,21,26-27H,12-14H2,1-3H3. The number of aromatic amines is 1. The van der Waals surface area contributed by atoms with Crippen molar-refractivity contribution in [2.45, 2.75) is 20.0 Å². The van der Waals surface area contributed by atoms with E-state index in [4.69, 9.17) is 14.5 Å². The fourth-order valence-electron chi connectivity index (χ4n) is 4.53. The Hall–Kier alpha value is -3.42. The molecular weight excluding hydrogens is 404 g/mol. The lowest BCUT2D eigenvalue weighted by Crippen LogP contribution is -2.38. The number of aryl methyl sites for hydroxylation is 1. The molecule has 2 aromatic heterocycles. The number of rotatable bonds is 5. The molecule has 7 nitrogen and oxygen atoms in total. The van der Waals surface area contributed by atoms with Gasteiger partial charge in [-0.1, -0.05) is 24.3 Å². The summed E-state index contributed by atoms with van der Waals surface area (Å²) in [6.07, 6.45) is -0.0562. The lowest BCUT2D eigenvalue weighted by molar-refractivity contribution is 0.0552. The molecule has 1 aliphatic heterocycles. The van der Waals surface area contributed by atoms with E-state index < -0.39 is 0 Å². The Morgan fingerprint density at radius 3 is 2.66 bits per heavy atom. The van der Waals surface area contributed by atoms with Gasteiger partial charge in [-0.05, 0) is 43.7 Å². The number of carbonyl (C=O) groups is 1. The summed E-state index contributed by atoms with van der Waals surface area (Å²) in [6, 6.07) is 15.8. The number of benzene rings is 2. The first-order chi connectivity index (χ1) is 15.6. The Bertz CT molecular complexity index is 1280. The van der Waals surface area contributed by atoms with Crippen LogP contribution in [-0.4, -0.2) is 47.2 Å². The summed E-state index contributed by atoms with van der Waals surface area (Å²) < 4.78 is 13.3. The van der Waals surface area contributed by atoms with E-state index in [-0.39, 0.29) is 11.9 Å². The van der Waals surface area contributed by atoms with Crippen molar-refractivity contribution in [1.29, 1.82) is 0 Å². The minimum atomic E-state index is -0.0562. The molecule has 0 saturated carbocycles. The first-order valence-electron chi connectivity index (χ1n) is 10.7. The molecule has 0 amide bonds. The number of carbonyl (C=O) groups excluding carboxylic acids is 1. The first-order valence-corrected chi connectivity index (χ1v) is 10.7. The van der Waals surface area contributed by atoms with Crippen LogP contribution in [0, 0.1) is 6.92 Å². The molecule has 0 spiro atoms. The van der Waals surface area contributed by atoms with Crippen LogP contribution >= 0.6 is 0 Å². The maximum atomic E-state index is 12.7. The number of Topliss-reactive ketones (excluding diaryl/α,β-unsaturated/α-hetero) is 1. The molecule has 3 heterocycles. The van der Waals surface area contributed by atoms with Gasteiger partial charge in [0.1, 0.15) is 11.9 Å². The molecule has 1 aliphatic rings. The van der Waals surface area contributed by atoms with Gasteiger partial charge in [0, 0.05) is 23.4 Å². The second kappa shape index (κ2) is 8.26. The van der Waals surface area contributed by atoms with Crippen molar-refractivity contribution in [3.05, 3.63) is 59.8 Å². The second-order valence-corrected chi connectivity index (χ2v) is 8.00.